The Bertz CT molecular complexity index is 3690. The molecule has 0 bridgehead atoms. The molecular formula is C68H91N8O15Re4Rf3Rh2S5-9. The van der Waals surface area contributed by atoms with Crippen LogP contribution >= 0.6 is 12.2 Å². The Morgan fingerprint density at radius 1 is 0.524 bits per heavy atom. The molecule has 10 atom stereocenters. The number of sulfone groups is 4. The van der Waals surface area contributed by atoms with Crippen LogP contribution in [0, 0.1) is 53.3 Å². The molecule has 4 aliphatic rings. The van der Waals surface area contributed by atoms with E-state index >= 15 is 0 Å². The van der Waals surface area contributed by atoms with E-state index in [4.69, 9.17) is 16.3 Å². The second kappa shape index (κ2) is 56.9. The number of hydrogen-bond donors (Lipinski definition) is 2. The molecule has 4 fully saturated rings. The number of rotatable bonds is 17. The van der Waals surface area contributed by atoms with Gasteiger partial charge < -0.3 is 46.0 Å². The van der Waals surface area contributed by atoms with Crippen molar-refractivity contribution in [2.24, 2.45) is 11.8 Å². The van der Waals surface area contributed by atoms with Crippen LogP contribution < -0.4 is 15.3 Å². The number of amides is 1. The van der Waals surface area contributed by atoms with Gasteiger partial charge in [-0.05, 0) is 79.5 Å². The number of benzene rings is 4. The van der Waals surface area contributed by atoms with Crippen LogP contribution in [0.1, 0.15) is 128 Å². The van der Waals surface area contributed by atoms with Crippen molar-refractivity contribution in [3.8, 4) is 0 Å². The third-order valence-corrected chi connectivity index (χ3v) is 24.4. The first-order valence-electron chi connectivity index (χ1n) is 31.2. The van der Waals surface area contributed by atoms with Gasteiger partial charge in [-0.15, -0.1) is 6.20 Å². The maximum absolute atomic E-state index is 12.8. The number of anilines is 1. The van der Waals surface area contributed by atoms with Crippen LogP contribution in [-0.4, -0.2) is 167 Å². The Labute approximate surface area is 689 Å². The maximum atomic E-state index is 12.8. The van der Waals surface area contributed by atoms with Gasteiger partial charge in [0.1, 0.15) is 11.6 Å². The van der Waals surface area contributed by atoms with Crippen molar-refractivity contribution in [1.29, 1.82) is 4.10 Å². The molecular weight excluding hydrogens is 3080 g/mol. The van der Waals surface area contributed by atoms with Crippen molar-refractivity contribution in [3.05, 3.63) is 139 Å². The maximum Gasteiger partial charge on any atom is 0 e. The number of carbonyl (C=O) groups excluding carboxylic acids is 7. The Kier molecular flexibility index (Phi) is 63.4. The number of thiocarbonyl (C=S) groups is 1. The Morgan fingerprint density at radius 3 is 1.10 bits per heavy atom. The van der Waals surface area contributed by atoms with E-state index in [0.29, 0.717) is 29.2 Å². The van der Waals surface area contributed by atoms with Crippen molar-refractivity contribution in [2.75, 3.05) is 31.1 Å². The summed E-state index contributed by atoms with van der Waals surface area (Å²) in [5.74, 6) is -2.26. The van der Waals surface area contributed by atoms with Crippen molar-refractivity contribution in [3.63, 3.8) is 0 Å². The summed E-state index contributed by atoms with van der Waals surface area (Å²) in [5, 5.41) is 7.87. The van der Waals surface area contributed by atoms with Gasteiger partial charge in [0.2, 0.25) is 0 Å². The summed E-state index contributed by atoms with van der Waals surface area (Å²) in [5.41, 5.74) is 0.712. The number of nitrogens with zero attached hydrogens (tertiary/aromatic N) is 5. The summed E-state index contributed by atoms with van der Waals surface area (Å²) >= 11 is 7.04. The van der Waals surface area contributed by atoms with Gasteiger partial charge in [-0.25, -0.2) is 45.1 Å². The molecule has 4 N–H and O–H groups in total. The summed E-state index contributed by atoms with van der Waals surface area (Å²) in [6.45, 7) is 27.0. The molecule has 1 amide bonds. The normalized spacial score (nSPS) is 18.9. The minimum atomic E-state index is -3.67. The van der Waals surface area contributed by atoms with Gasteiger partial charge in [0.15, 0.2) is 56.8 Å². The zero-order valence-corrected chi connectivity index (χ0v) is 98.9. The Morgan fingerprint density at radius 2 is 0.819 bits per heavy atom. The van der Waals surface area contributed by atoms with E-state index in [1.165, 1.54) is 112 Å². The van der Waals surface area contributed by atoms with Crippen LogP contribution in [0.5, 0.6) is 0 Å². The molecule has 1 aromatic heterocycles. The van der Waals surface area contributed by atoms with Gasteiger partial charge >= 0.3 is 22.2 Å². The Balaban J connectivity index is -0.000000157. The smallest absolute Gasteiger partial charge is 0 e. The largest absolute Gasteiger partial charge is 0 e. The molecule has 0 aliphatic carbocycles. The number of carbonyl (C=O) groups is 5. The van der Waals surface area contributed by atoms with E-state index in [-0.39, 0.29) is 195 Å². The number of aryl methyl sites for hydroxylation is 1. The van der Waals surface area contributed by atoms with E-state index in [1.54, 1.807) is 78.6 Å². The molecule has 4 aromatic carbocycles. The Hall–Kier alpha value is -6.31. The number of aromatic nitrogens is 2. The molecule has 37 heteroatoms. The minimum Gasteiger partial charge on any atom is 0 e. The molecule has 23 nitrogen and oxygen atoms in total. The van der Waals surface area contributed by atoms with Crippen molar-refractivity contribution in [2.45, 2.75) is 194 Å². The number of likely N-dealkylation sites (tertiary alicyclic amines) is 2. The first-order valence-corrected chi connectivity index (χ1v) is 38.6. The molecule has 5 aromatic rings. The predicted molar refractivity (Wildman–Crippen MR) is 372 cm³/mol. The van der Waals surface area contributed by atoms with Gasteiger partial charge in [0.25, 0.3) is 0 Å². The fourth-order valence-electron chi connectivity index (χ4n) is 10.4. The van der Waals surface area contributed by atoms with Gasteiger partial charge in [-0.3, -0.25) is 36.5 Å². The molecule has 584 valence electrons. The molecule has 0 saturated carbocycles. The van der Waals surface area contributed by atoms with Gasteiger partial charge in [0.05, 0.1) is 44.1 Å². The third kappa shape index (κ3) is 31.4. The van der Waals surface area contributed by atoms with Crippen molar-refractivity contribution >= 4 is 104 Å². The first kappa shape index (κ1) is 117. The second-order valence-corrected chi connectivity index (χ2v) is 30.4. The topological polar surface area (TPSA) is 362 Å². The number of nitrogens with one attached hydrogen (secondary N) is 2. The SMILES string of the molecule is CC.CC.CC.CC.CC(=O)[C@@H]1C[C@@H](S(=O)(=O)c2cc[c-]cc2)CN1.CC(=O)[C@@H]1C[C@@H](S(=O)(=O)c2cc[c-]cc2)CN1C(=O)C(C)[C-]=O.CC(=O)[C@@H]1C[C@@H](S(=O)(=O)c2cc[c-]cc2)CN1C(=S)C(C)[C-]=O.CC(=O)[C@@H]1C[C@@H](S(=O)(=O)c2cc[c-]cc2)CN1c1[n-]n[c-]c1C.[NH2-].[NH]=[Rh].[Re].[Re].[Re].[Re].[Rf].[Rf].[Rf].[Rh]. The molecule has 9 rings (SSSR count). The summed E-state index contributed by atoms with van der Waals surface area (Å²) in [7, 11) is -14.1. The predicted octanol–water partition coefficient (Wildman–Crippen LogP) is 8.57. The van der Waals surface area contributed by atoms with Gasteiger partial charge in [-0.1, -0.05) is 100 Å². The number of hydrogen-bond acceptors (Lipinski definition) is 20. The van der Waals surface area contributed by atoms with Crippen LogP contribution in [0.4, 0.5) is 5.82 Å². The first-order chi connectivity index (χ1) is 45.5. The van der Waals surface area contributed by atoms with E-state index in [0.717, 1.165) is 0 Å². The molecule has 105 heavy (non-hydrogen) atoms. The van der Waals surface area contributed by atoms with Crippen LogP contribution in [0.2, 0.25) is 0 Å². The number of Topliss-reactive ketones (excluding diaryl/α,β-unsaturated/α-hetero) is 4. The fraction of sp³-hybridized carbons (Fsp3) is 0.485. The fourth-order valence-corrected chi connectivity index (χ4v) is 17.3. The van der Waals surface area contributed by atoms with Gasteiger partial charge in [-0.2, -0.15) is 121 Å². The molecule has 4 saturated heterocycles. The summed E-state index contributed by atoms with van der Waals surface area (Å²) in [4.78, 5) is 86.2. The number of nitrogens with two attached hydrogens (primary N) is 1. The standard InChI is InChI=1S/C16H16N3O3S.C16H17NO5S.C16H17NO4S2.C12H14NO3S.4C2H6.H2N.HN.4Re.3Rf.2Rh/c1-11-9-17-18-16(11)19-10-14(8-15(19)12(2)20)23(21,22)13-6-4-3-5-7-13;1-11(10-18)16(20)17-9-14(8-15(17)12(2)19)23(21,22)13-6-4-3-5-7-13;1-11(10-18)16(22)17-9-14(8-15(17)12(2)19)23(20,21)13-6-4-3-5-7-13;1-9(14)12-7-11(8-13-12)17(15,16)10-5-3-2-4-6-10;4*1-2;;;;;;;;;;;/h4-7,14-15H,8,10H2,1-2H3;2*4-7,11,14-15H,8-9H2,1-2H3;3-6,11-13H,7-8H2,1H3;4*1-2H3;1H2;1H;;;;;;;;;/q-3;2*-2;-1;;;;;-1;;;;;;;;;;/t14-,15+;2*11?,14-,15+;11-,12+;;;;;;;;;;;;;;;/m1111.............../s1. The van der Waals surface area contributed by atoms with E-state index in [9.17, 15) is 67.2 Å². The van der Waals surface area contributed by atoms with Crippen LogP contribution in [0.25, 0.3) is 6.15 Å². The zero-order chi connectivity index (χ0) is 73.5. The van der Waals surface area contributed by atoms with Crippen LogP contribution in [0.3, 0.4) is 0 Å². The van der Waals surface area contributed by atoms with Gasteiger partial charge in [0, 0.05) is 127 Å². The average molecular weight is 3170 g/mol. The molecule has 5 heterocycles. The molecule has 0 spiro atoms. The van der Waals surface area contributed by atoms with Crippen LogP contribution in [0.15, 0.2) is 117 Å². The average Bonchev–Trinajstić information content (AvgIpc) is 1.66. The summed E-state index contributed by atoms with van der Waals surface area (Å²) < 4.78 is 107. The zero-order valence-electron chi connectivity index (χ0n) is 61.4. The molecule has 2 unspecified atom stereocenters. The second-order valence-electron chi connectivity index (χ2n) is 21.1. The number of ketones is 4. The van der Waals surface area contributed by atoms with Crippen molar-refractivity contribution in [1.82, 2.24) is 25.3 Å². The molecule has 5 radical (unpaired) electrons. The minimum absolute atomic E-state index is 0. The summed E-state index contributed by atoms with van der Waals surface area (Å²) in [6, 6.07) is 33.2. The van der Waals surface area contributed by atoms with Crippen molar-refractivity contribution < 1.29 is 187 Å². The van der Waals surface area contributed by atoms with E-state index in [2.05, 4.69) is 46.0 Å². The molecule has 4 aliphatic heterocycles. The van der Waals surface area contributed by atoms with Crippen LogP contribution in [-0.2, 0) is 192 Å². The summed E-state index contributed by atoms with van der Waals surface area (Å²) in [6.07, 6.45) is 6.91. The monoisotopic (exact) mass is 3170 g/mol. The van der Waals surface area contributed by atoms with E-state index < -0.39 is 96.2 Å². The third-order valence-electron chi connectivity index (χ3n) is 15.2. The quantitative estimate of drug-likeness (QED) is 0.0381. The van der Waals surface area contributed by atoms with E-state index in [1.807, 2.05) is 55.4 Å².